The van der Waals surface area contributed by atoms with Crippen LogP contribution in [-0.2, 0) is 0 Å². The van der Waals surface area contributed by atoms with Gasteiger partial charge in [-0.15, -0.1) is 22.7 Å². The van der Waals surface area contributed by atoms with Gasteiger partial charge in [0.2, 0.25) is 0 Å². The average molecular weight is 751 g/mol. The summed E-state index contributed by atoms with van der Waals surface area (Å²) in [5.74, 6) is 1.30. The molecule has 0 fully saturated rings. The lowest BCUT2D eigenvalue weighted by Crippen LogP contribution is -1.98. The molecule has 4 aromatic heterocycles. The molecule has 56 heavy (non-hydrogen) atoms. The van der Waals surface area contributed by atoms with Gasteiger partial charge in [0.05, 0.1) is 11.4 Å². The highest BCUT2D eigenvalue weighted by atomic mass is 32.1. The SMILES string of the molecule is c1ccc(-c2ccc(-c3nc(-c4ccccc4-c4nc(-c5ccc(-c6ccccc6)cc5)c5c(n4)sc4ccccc45)nc4sc5ccccc5c34)cc2)cc1. The lowest BCUT2D eigenvalue weighted by atomic mass is 10.00. The number of hydrogen-bond donors (Lipinski definition) is 0. The molecule has 0 atom stereocenters. The van der Waals surface area contributed by atoms with Crippen molar-refractivity contribution in [3.05, 3.63) is 182 Å². The standard InChI is InChI=1S/C50H30N4S2/c1-3-13-31(14-4-1)33-23-27-35(28-24-33)45-43-39-19-9-11-21-41(39)55-49(43)53-47(51-45)37-17-7-8-18-38(37)48-52-46(44-40-20-10-12-22-42(40)56-50(44)54-48)36-29-25-34(26-30-36)32-15-5-2-6-16-32/h1-30H. The summed E-state index contributed by atoms with van der Waals surface area (Å²) in [4.78, 5) is 23.3. The summed E-state index contributed by atoms with van der Waals surface area (Å²) in [6.07, 6.45) is 0. The van der Waals surface area contributed by atoms with Crippen molar-refractivity contribution >= 4 is 63.3 Å². The molecule has 262 valence electrons. The first-order chi connectivity index (χ1) is 27.7. The molecular formula is C50H30N4S2. The highest BCUT2D eigenvalue weighted by Crippen LogP contribution is 2.43. The zero-order valence-corrected chi connectivity index (χ0v) is 31.6. The van der Waals surface area contributed by atoms with E-state index in [9.17, 15) is 0 Å². The van der Waals surface area contributed by atoms with Crippen molar-refractivity contribution in [1.82, 2.24) is 19.9 Å². The summed E-state index contributed by atoms with van der Waals surface area (Å²) in [5, 5.41) is 4.47. The van der Waals surface area contributed by atoms with Crippen molar-refractivity contribution in [3.8, 4) is 67.5 Å². The van der Waals surface area contributed by atoms with Gasteiger partial charge >= 0.3 is 0 Å². The molecule has 0 aliphatic heterocycles. The third-order valence-electron chi connectivity index (χ3n) is 10.4. The van der Waals surface area contributed by atoms with Crippen LogP contribution in [0.3, 0.4) is 0 Å². The van der Waals surface area contributed by atoms with Crippen molar-refractivity contribution in [2.24, 2.45) is 0 Å². The first-order valence-electron chi connectivity index (χ1n) is 18.6. The van der Waals surface area contributed by atoms with E-state index in [1.54, 1.807) is 22.7 Å². The lowest BCUT2D eigenvalue weighted by Gasteiger charge is -2.13. The first-order valence-corrected chi connectivity index (χ1v) is 20.2. The molecule has 0 saturated heterocycles. The fourth-order valence-electron chi connectivity index (χ4n) is 7.68. The molecule has 11 aromatic rings. The molecular weight excluding hydrogens is 721 g/mol. The van der Waals surface area contributed by atoms with Gasteiger partial charge in [-0.2, -0.15) is 0 Å². The number of fused-ring (bicyclic) bond motifs is 6. The van der Waals surface area contributed by atoms with Gasteiger partial charge in [0, 0.05) is 53.2 Å². The van der Waals surface area contributed by atoms with Crippen LogP contribution in [0.2, 0.25) is 0 Å². The van der Waals surface area contributed by atoms with Crippen LogP contribution in [0, 0.1) is 0 Å². The summed E-state index contributed by atoms with van der Waals surface area (Å²) in [5.41, 5.74) is 10.4. The quantitative estimate of drug-likeness (QED) is 0.170. The van der Waals surface area contributed by atoms with Gasteiger partial charge in [0.15, 0.2) is 11.6 Å². The van der Waals surface area contributed by atoms with Gasteiger partial charge in [0.1, 0.15) is 9.66 Å². The smallest absolute Gasteiger partial charge is 0.162 e. The summed E-state index contributed by atoms with van der Waals surface area (Å²) in [7, 11) is 0. The monoisotopic (exact) mass is 750 g/mol. The van der Waals surface area contributed by atoms with E-state index in [-0.39, 0.29) is 0 Å². The third kappa shape index (κ3) is 5.58. The summed E-state index contributed by atoms with van der Waals surface area (Å²) in [6.45, 7) is 0. The predicted octanol–water partition coefficient (Wildman–Crippen LogP) is 14.0. The maximum Gasteiger partial charge on any atom is 0.162 e. The minimum Gasteiger partial charge on any atom is -0.227 e. The Bertz CT molecular complexity index is 3000. The number of hydrogen-bond acceptors (Lipinski definition) is 6. The maximum atomic E-state index is 5.41. The number of rotatable bonds is 6. The van der Waals surface area contributed by atoms with Crippen molar-refractivity contribution in [3.63, 3.8) is 0 Å². The molecule has 0 bridgehead atoms. The molecule has 0 N–H and O–H groups in total. The van der Waals surface area contributed by atoms with Gasteiger partial charge in [-0.1, -0.05) is 170 Å². The Morgan fingerprint density at radius 2 is 0.625 bits per heavy atom. The van der Waals surface area contributed by atoms with Crippen LogP contribution >= 0.6 is 22.7 Å². The average Bonchev–Trinajstić information content (AvgIpc) is 3.85. The van der Waals surface area contributed by atoms with E-state index < -0.39 is 0 Å². The zero-order chi connectivity index (χ0) is 37.0. The van der Waals surface area contributed by atoms with E-state index in [0.29, 0.717) is 11.6 Å². The van der Waals surface area contributed by atoms with E-state index in [1.807, 2.05) is 24.3 Å². The number of thiophene rings is 2. The fourth-order valence-corrected chi connectivity index (χ4v) is 9.83. The van der Waals surface area contributed by atoms with Crippen LogP contribution in [-0.4, -0.2) is 19.9 Å². The molecule has 0 saturated carbocycles. The van der Waals surface area contributed by atoms with Crippen molar-refractivity contribution < 1.29 is 0 Å². The largest absolute Gasteiger partial charge is 0.227 e. The molecule has 0 aliphatic rings. The second-order valence-electron chi connectivity index (χ2n) is 13.8. The van der Waals surface area contributed by atoms with Gasteiger partial charge in [0.25, 0.3) is 0 Å². The van der Waals surface area contributed by atoms with Crippen molar-refractivity contribution in [2.75, 3.05) is 0 Å². The van der Waals surface area contributed by atoms with Crippen LogP contribution in [0.4, 0.5) is 0 Å². The highest BCUT2D eigenvalue weighted by Gasteiger charge is 2.22. The van der Waals surface area contributed by atoms with E-state index in [4.69, 9.17) is 19.9 Å². The van der Waals surface area contributed by atoms with Crippen LogP contribution < -0.4 is 0 Å². The Morgan fingerprint density at radius 3 is 1.05 bits per heavy atom. The fraction of sp³-hybridized carbons (Fsp3) is 0. The lowest BCUT2D eigenvalue weighted by molar-refractivity contribution is 1.21. The normalized spacial score (nSPS) is 11.6. The van der Waals surface area contributed by atoms with E-state index in [0.717, 1.165) is 64.8 Å². The number of aromatic nitrogens is 4. The second kappa shape index (κ2) is 13.5. The van der Waals surface area contributed by atoms with Crippen molar-refractivity contribution in [1.29, 1.82) is 0 Å². The minimum atomic E-state index is 0.649. The molecule has 4 heterocycles. The van der Waals surface area contributed by atoms with E-state index in [1.165, 1.54) is 31.7 Å². The van der Waals surface area contributed by atoms with Crippen LogP contribution in [0.5, 0.6) is 0 Å². The number of nitrogens with zero attached hydrogens (tertiary/aromatic N) is 4. The Hall–Kier alpha value is -6.86. The third-order valence-corrected chi connectivity index (χ3v) is 12.5. The van der Waals surface area contributed by atoms with Crippen LogP contribution in [0.1, 0.15) is 0 Å². The molecule has 7 aromatic carbocycles. The van der Waals surface area contributed by atoms with Gasteiger partial charge < -0.3 is 0 Å². The van der Waals surface area contributed by atoms with E-state index >= 15 is 0 Å². The van der Waals surface area contributed by atoms with E-state index in [2.05, 4.69) is 158 Å². The molecule has 4 nitrogen and oxygen atoms in total. The maximum absolute atomic E-state index is 5.41. The van der Waals surface area contributed by atoms with Crippen LogP contribution in [0.15, 0.2) is 182 Å². The first kappa shape index (κ1) is 32.6. The van der Waals surface area contributed by atoms with Gasteiger partial charge in [-0.05, 0) is 34.4 Å². The van der Waals surface area contributed by atoms with Gasteiger partial charge in [-0.25, -0.2) is 19.9 Å². The molecule has 0 aliphatic carbocycles. The van der Waals surface area contributed by atoms with Crippen molar-refractivity contribution in [2.45, 2.75) is 0 Å². The molecule has 0 amide bonds. The number of benzene rings is 7. The Kier molecular flexibility index (Phi) is 7.83. The highest BCUT2D eigenvalue weighted by molar-refractivity contribution is 7.26. The second-order valence-corrected chi connectivity index (χ2v) is 15.8. The van der Waals surface area contributed by atoms with Crippen LogP contribution in [0.25, 0.3) is 108 Å². The molecule has 6 heteroatoms. The zero-order valence-electron chi connectivity index (χ0n) is 29.9. The molecule has 0 spiro atoms. The van der Waals surface area contributed by atoms with Gasteiger partial charge in [-0.3, -0.25) is 0 Å². The summed E-state index contributed by atoms with van der Waals surface area (Å²) in [6, 6.07) is 63.7. The Morgan fingerprint density at radius 1 is 0.286 bits per heavy atom. The summed E-state index contributed by atoms with van der Waals surface area (Å²) >= 11 is 3.41. The Balaban J connectivity index is 1.10. The summed E-state index contributed by atoms with van der Waals surface area (Å²) < 4.78 is 2.37. The molecule has 0 unspecified atom stereocenters. The Labute approximate surface area is 331 Å². The predicted molar refractivity (Wildman–Crippen MR) is 236 cm³/mol. The minimum absolute atomic E-state index is 0.649. The molecule has 0 radical (unpaired) electrons. The topological polar surface area (TPSA) is 51.6 Å². The molecule has 11 rings (SSSR count).